The molecule has 76 valence electrons. The molecular weight excluding hydrogens is 204 g/mol. The van der Waals surface area contributed by atoms with Gasteiger partial charge in [-0.05, 0) is 13.3 Å². The lowest BCUT2D eigenvalue weighted by molar-refractivity contribution is -0.143. The van der Waals surface area contributed by atoms with E-state index >= 15 is 0 Å². The van der Waals surface area contributed by atoms with Crippen molar-refractivity contribution in [1.29, 1.82) is 0 Å². The summed E-state index contributed by atoms with van der Waals surface area (Å²) in [6.45, 7) is 4.49. The molecule has 0 radical (unpaired) electrons. The van der Waals surface area contributed by atoms with Crippen molar-refractivity contribution in [2.45, 2.75) is 30.8 Å². The monoisotopic (exact) mass is 220 g/mol. The normalized spacial score (nSPS) is 20.2. The summed E-state index contributed by atoms with van der Waals surface area (Å²) < 4.78 is 5.08. The van der Waals surface area contributed by atoms with Crippen LogP contribution in [-0.2, 0) is 9.53 Å². The first-order valence-electron chi connectivity index (χ1n) is 4.66. The van der Waals surface area contributed by atoms with Crippen LogP contribution in [-0.4, -0.2) is 28.2 Å². The molecule has 0 amide bonds. The van der Waals surface area contributed by atoms with Gasteiger partial charge in [0.2, 0.25) is 0 Å². The Kier molecular flexibility index (Phi) is 4.46. The molecule has 1 saturated heterocycles. The second-order valence-corrected chi connectivity index (χ2v) is 6.16. The summed E-state index contributed by atoms with van der Waals surface area (Å²) in [6, 6.07) is 0. The second-order valence-electron chi connectivity index (χ2n) is 2.94. The Morgan fingerprint density at radius 2 is 2.00 bits per heavy atom. The van der Waals surface area contributed by atoms with Crippen LogP contribution in [0.4, 0.5) is 0 Å². The molecule has 0 aromatic carbocycles. The lowest BCUT2D eigenvalue weighted by Crippen LogP contribution is -2.22. The molecule has 0 atom stereocenters. The average Bonchev–Trinajstić information content (AvgIpc) is 2.54. The fraction of sp³-hybridized carbons (Fsp3) is 0.889. The van der Waals surface area contributed by atoms with Crippen LogP contribution < -0.4 is 0 Å². The van der Waals surface area contributed by atoms with Gasteiger partial charge in [-0.1, -0.05) is 6.92 Å². The highest BCUT2D eigenvalue weighted by molar-refractivity contribution is 8.21. The molecule has 0 aromatic heterocycles. The van der Waals surface area contributed by atoms with Crippen LogP contribution in [0.3, 0.4) is 0 Å². The minimum Gasteiger partial charge on any atom is -0.466 e. The molecule has 0 saturated carbocycles. The lowest BCUT2D eigenvalue weighted by atomic mass is 10.2. The summed E-state index contributed by atoms with van der Waals surface area (Å²) in [6.07, 6.45) is 1.60. The molecule has 0 aromatic rings. The number of ether oxygens (including phenoxy) is 1. The van der Waals surface area contributed by atoms with Crippen LogP contribution in [0, 0.1) is 0 Å². The van der Waals surface area contributed by atoms with Crippen LogP contribution in [0.2, 0.25) is 0 Å². The van der Waals surface area contributed by atoms with Gasteiger partial charge in [-0.25, -0.2) is 0 Å². The summed E-state index contributed by atoms with van der Waals surface area (Å²) >= 11 is 3.81. The average molecular weight is 220 g/mol. The van der Waals surface area contributed by atoms with Gasteiger partial charge >= 0.3 is 5.97 Å². The number of carbonyl (C=O) groups excluding carboxylic acids is 1. The topological polar surface area (TPSA) is 26.3 Å². The Morgan fingerprint density at radius 1 is 1.38 bits per heavy atom. The molecule has 0 N–H and O–H groups in total. The van der Waals surface area contributed by atoms with Gasteiger partial charge in [0.05, 0.1) is 17.1 Å². The summed E-state index contributed by atoms with van der Waals surface area (Å²) in [5, 5.41) is 0. The van der Waals surface area contributed by atoms with Crippen LogP contribution in [0.5, 0.6) is 0 Å². The predicted octanol–water partition coefficient (Wildman–Crippen LogP) is 2.53. The van der Waals surface area contributed by atoms with Crippen LogP contribution >= 0.6 is 23.5 Å². The Bertz CT molecular complexity index is 176. The highest BCUT2D eigenvalue weighted by Crippen LogP contribution is 2.48. The maximum absolute atomic E-state index is 11.3. The Hall–Kier alpha value is 0.170. The summed E-state index contributed by atoms with van der Waals surface area (Å²) in [7, 11) is 0. The zero-order chi connectivity index (χ0) is 9.73. The van der Waals surface area contributed by atoms with Gasteiger partial charge in [-0.2, -0.15) is 0 Å². The third kappa shape index (κ3) is 3.09. The van der Waals surface area contributed by atoms with Crippen molar-refractivity contribution in [3.63, 3.8) is 0 Å². The number of hydrogen-bond donors (Lipinski definition) is 0. The smallest absolute Gasteiger partial charge is 0.308 e. The zero-order valence-corrected chi connectivity index (χ0v) is 9.80. The molecule has 1 aliphatic heterocycles. The molecule has 4 heteroatoms. The molecule has 1 heterocycles. The lowest BCUT2D eigenvalue weighted by Gasteiger charge is -2.23. The van der Waals surface area contributed by atoms with E-state index in [1.54, 1.807) is 0 Å². The minimum absolute atomic E-state index is 0.0498. The van der Waals surface area contributed by atoms with Gasteiger partial charge in [0.25, 0.3) is 0 Å². The molecule has 1 rings (SSSR count). The Morgan fingerprint density at radius 3 is 2.46 bits per heavy atom. The second kappa shape index (κ2) is 5.15. The van der Waals surface area contributed by atoms with Gasteiger partial charge in [0.15, 0.2) is 0 Å². The third-order valence-electron chi connectivity index (χ3n) is 2.07. The van der Waals surface area contributed by atoms with E-state index in [1.165, 1.54) is 0 Å². The number of rotatable bonds is 4. The highest BCUT2D eigenvalue weighted by atomic mass is 32.2. The predicted molar refractivity (Wildman–Crippen MR) is 59.2 cm³/mol. The molecule has 0 aliphatic carbocycles. The van der Waals surface area contributed by atoms with Gasteiger partial charge in [-0.3, -0.25) is 4.79 Å². The van der Waals surface area contributed by atoms with E-state index in [9.17, 15) is 4.79 Å². The summed E-state index contributed by atoms with van der Waals surface area (Å²) in [4.78, 5) is 11.3. The maximum Gasteiger partial charge on any atom is 0.308 e. The fourth-order valence-electron chi connectivity index (χ4n) is 1.36. The summed E-state index contributed by atoms with van der Waals surface area (Å²) in [5.74, 6) is 2.28. The van der Waals surface area contributed by atoms with E-state index in [0.717, 1.165) is 17.9 Å². The number of hydrogen-bond acceptors (Lipinski definition) is 4. The molecule has 1 aliphatic rings. The van der Waals surface area contributed by atoms with Gasteiger partial charge in [0, 0.05) is 11.5 Å². The standard InChI is InChI=1S/C9H16O2S2/c1-3-9(12-5-6-13-9)7-8(10)11-4-2/h3-7H2,1-2H3. The van der Waals surface area contributed by atoms with E-state index in [2.05, 4.69) is 6.92 Å². The van der Waals surface area contributed by atoms with Crippen molar-refractivity contribution in [2.75, 3.05) is 18.1 Å². The van der Waals surface area contributed by atoms with Crippen molar-refractivity contribution in [1.82, 2.24) is 0 Å². The zero-order valence-electron chi connectivity index (χ0n) is 8.17. The molecule has 13 heavy (non-hydrogen) atoms. The van der Waals surface area contributed by atoms with Crippen molar-refractivity contribution < 1.29 is 9.53 Å². The Balaban J connectivity index is 2.43. The largest absolute Gasteiger partial charge is 0.466 e. The molecule has 0 spiro atoms. The first-order valence-corrected chi connectivity index (χ1v) is 6.63. The van der Waals surface area contributed by atoms with E-state index < -0.39 is 0 Å². The third-order valence-corrected chi connectivity index (χ3v) is 5.77. The van der Waals surface area contributed by atoms with E-state index in [0.29, 0.717) is 13.0 Å². The quantitative estimate of drug-likeness (QED) is 0.680. The number of thioether (sulfide) groups is 2. The molecule has 0 unspecified atom stereocenters. The number of esters is 1. The maximum atomic E-state index is 11.3. The van der Waals surface area contributed by atoms with Gasteiger partial charge in [-0.15, -0.1) is 23.5 Å². The van der Waals surface area contributed by atoms with Crippen molar-refractivity contribution >= 4 is 29.5 Å². The Labute approximate surface area is 88.2 Å². The first-order chi connectivity index (χ1) is 6.22. The SMILES string of the molecule is CCOC(=O)CC1(CC)SCCS1. The fourth-order valence-corrected chi connectivity index (χ4v) is 4.45. The highest BCUT2D eigenvalue weighted by Gasteiger charge is 2.36. The molecular formula is C9H16O2S2. The van der Waals surface area contributed by atoms with Crippen LogP contribution in [0.15, 0.2) is 0 Å². The molecule has 0 bridgehead atoms. The van der Waals surface area contributed by atoms with Gasteiger partial charge < -0.3 is 4.74 Å². The molecule has 2 nitrogen and oxygen atoms in total. The van der Waals surface area contributed by atoms with Crippen LogP contribution in [0.1, 0.15) is 26.7 Å². The van der Waals surface area contributed by atoms with E-state index in [4.69, 9.17) is 4.74 Å². The van der Waals surface area contributed by atoms with E-state index in [-0.39, 0.29) is 10.0 Å². The first kappa shape index (κ1) is 11.2. The number of carbonyl (C=O) groups is 1. The minimum atomic E-state index is -0.0498. The summed E-state index contributed by atoms with van der Waals surface area (Å²) in [5.41, 5.74) is 0. The van der Waals surface area contributed by atoms with E-state index in [1.807, 2.05) is 30.4 Å². The van der Waals surface area contributed by atoms with Crippen LogP contribution in [0.25, 0.3) is 0 Å². The van der Waals surface area contributed by atoms with Crippen molar-refractivity contribution in [3.8, 4) is 0 Å². The molecule has 1 fully saturated rings. The van der Waals surface area contributed by atoms with Gasteiger partial charge in [0.1, 0.15) is 0 Å². The van der Waals surface area contributed by atoms with Crippen molar-refractivity contribution in [3.05, 3.63) is 0 Å². The van der Waals surface area contributed by atoms with Crippen molar-refractivity contribution in [2.24, 2.45) is 0 Å².